The average Bonchev–Trinajstić information content (AvgIpc) is 3.03. The fourth-order valence-electron chi connectivity index (χ4n) is 3.81. The first-order valence-electron chi connectivity index (χ1n) is 11.3. The van der Waals surface area contributed by atoms with Crippen molar-refractivity contribution in [2.75, 3.05) is 19.6 Å². The molecule has 2 N–H and O–H groups in total. The average molecular weight is 392 g/mol. The molecule has 0 fully saturated rings. The number of allylic oxidation sites excluding steroid dienone is 2. The number of carboxylic acids is 1. The summed E-state index contributed by atoms with van der Waals surface area (Å²) in [6.07, 6.45) is 24.2. The first-order valence-corrected chi connectivity index (χ1v) is 11.3. The van der Waals surface area contributed by atoms with Gasteiger partial charge in [-0.1, -0.05) is 70.4 Å². The predicted octanol–water partition coefficient (Wildman–Crippen LogP) is 4.04. The van der Waals surface area contributed by atoms with E-state index in [0.717, 1.165) is 18.7 Å². The molecule has 0 amide bonds. The maximum Gasteiger partial charge on any atom is 0.207 e. The number of carboxylic acid groups (broad SMARTS) is 1. The summed E-state index contributed by atoms with van der Waals surface area (Å²) in [5.74, 6) is -0.132. The zero-order valence-electron chi connectivity index (χ0n) is 17.9. The van der Waals surface area contributed by atoms with Crippen molar-refractivity contribution in [2.45, 2.75) is 90.4 Å². The van der Waals surface area contributed by atoms with E-state index >= 15 is 0 Å². The Morgan fingerprint density at radius 2 is 1.64 bits per heavy atom. The van der Waals surface area contributed by atoms with Gasteiger partial charge in [0.15, 0.2) is 0 Å². The number of quaternary nitrogens is 1. The van der Waals surface area contributed by atoms with Crippen molar-refractivity contribution < 1.29 is 14.4 Å². The molecular formula is C23H41N3O2. The van der Waals surface area contributed by atoms with Crippen molar-refractivity contribution in [1.29, 1.82) is 0 Å². The summed E-state index contributed by atoms with van der Waals surface area (Å²) >= 11 is 0. The van der Waals surface area contributed by atoms with Crippen LogP contribution in [0.1, 0.15) is 90.4 Å². The van der Waals surface area contributed by atoms with Crippen molar-refractivity contribution >= 4 is 11.8 Å². The molecule has 0 aromatic carbocycles. The van der Waals surface area contributed by atoms with E-state index < -0.39 is 5.97 Å². The first kappa shape index (κ1) is 24.6. The Balaban J connectivity index is 2.04. The monoisotopic (exact) mass is 391 g/mol. The number of rotatable bonds is 18. The van der Waals surface area contributed by atoms with Crippen LogP contribution >= 0.6 is 0 Å². The fourth-order valence-corrected chi connectivity index (χ4v) is 3.81. The Bertz CT molecular complexity index is 514. The van der Waals surface area contributed by atoms with E-state index in [2.05, 4.69) is 24.1 Å². The van der Waals surface area contributed by atoms with Crippen molar-refractivity contribution in [2.24, 2.45) is 10.7 Å². The number of unbranched alkanes of at least 4 members (excludes halogenated alkanes) is 10. The molecule has 0 aromatic rings. The second-order valence-corrected chi connectivity index (χ2v) is 7.90. The van der Waals surface area contributed by atoms with Crippen LogP contribution in [0.5, 0.6) is 0 Å². The predicted molar refractivity (Wildman–Crippen MR) is 115 cm³/mol. The number of aliphatic imine (C=N–C) groups is 1. The van der Waals surface area contributed by atoms with Gasteiger partial charge in [0.2, 0.25) is 5.84 Å². The normalized spacial score (nSPS) is 18.9. The third-order valence-corrected chi connectivity index (χ3v) is 5.42. The molecule has 0 aliphatic carbocycles. The Labute approximate surface area is 172 Å². The summed E-state index contributed by atoms with van der Waals surface area (Å²) in [7, 11) is 0. The molecule has 28 heavy (non-hydrogen) atoms. The molecule has 1 aliphatic heterocycles. The Morgan fingerprint density at radius 3 is 2.25 bits per heavy atom. The third kappa shape index (κ3) is 10.2. The molecule has 0 saturated carbocycles. The van der Waals surface area contributed by atoms with Gasteiger partial charge in [-0.2, -0.15) is 0 Å². The van der Waals surface area contributed by atoms with E-state index in [1.165, 1.54) is 70.6 Å². The van der Waals surface area contributed by atoms with Gasteiger partial charge >= 0.3 is 0 Å². The van der Waals surface area contributed by atoms with Crippen LogP contribution in [0.4, 0.5) is 0 Å². The van der Waals surface area contributed by atoms with E-state index in [-0.39, 0.29) is 11.0 Å². The minimum atomic E-state index is -1.05. The number of carbonyl (C=O) groups excluding carboxylic acids is 1. The number of hydrogen-bond donors (Lipinski definition) is 1. The topological polar surface area (TPSA) is 78.5 Å². The van der Waals surface area contributed by atoms with Gasteiger partial charge in [0.25, 0.3) is 0 Å². The van der Waals surface area contributed by atoms with Gasteiger partial charge in [0.1, 0.15) is 19.3 Å². The second kappa shape index (κ2) is 15.5. The second-order valence-electron chi connectivity index (χ2n) is 7.90. The molecule has 0 saturated heterocycles. The van der Waals surface area contributed by atoms with E-state index in [4.69, 9.17) is 5.73 Å². The van der Waals surface area contributed by atoms with Gasteiger partial charge in [-0.3, -0.25) is 0 Å². The van der Waals surface area contributed by atoms with E-state index in [1.807, 2.05) is 6.20 Å². The zero-order chi connectivity index (χ0) is 20.5. The van der Waals surface area contributed by atoms with Gasteiger partial charge in [-0.25, -0.2) is 9.48 Å². The molecule has 1 unspecified atom stereocenters. The van der Waals surface area contributed by atoms with Gasteiger partial charge in [0.05, 0.1) is 12.2 Å². The molecule has 1 aliphatic rings. The zero-order valence-corrected chi connectivity index (χ0v) is 17.9. The highest BCUT2D eigenvalue weighted by molar-refractivity contribution is 5.80. The highest BCUT2D eigenvalue weighted by Crippen LogP contribution is 2.21. The standard InChI is InChI=1S/C23H41N3O2/c1-2-3-4-5-6-7-8-9-10-11-12-13-14-15-16-22-25-18-20-26(22,19-17-24)21-23(27)28/h4-5,18,20H,2-3,6-17,19,21,24H2,1H3/b5-4+. The van der Waals surface area contributed by atoms with Crippen LogP contribution in [0.3, 0.4) is 0 Å². The molecule has 0 radical (unpaired) electrons. The largest absolute Gasteiger partial charge is 0.544 e. The highest BCUT2D eigenvalue weighted by atomic mass is 16.4. The number of amidine groups is 1. The lowest BCUT2D eigenvalue weighted by atomic mass is 10.0. The third-order valence-electron chi connectivity index (χ3n) is 5.42. The number of nitrogens with two attached hydrogens (primary N) is 1. The lowest BCUT2D eigenvalue weighted by Crippen LogP contribution is -2.55. The molecule has 5 nitrogen and oxygen atoms in total. The van der Waals surface area contributed by atoms with Gasteiger partial charge in [-0.05, 0) is 25.7 Å². The molecule has 1 rings (SSSR count). The number of carbonyl (C=O) groups is 1. The molecule has 1 heterocycles. The van der Waals surface area contributed by atoms with Crippen LogP contribution in [-0.2, 0) is 4.79 Å². The van der Waals surface area contributed by atoms with Gasteiger partial charge < -0.3 is 15.6 Å². The smallest absolute Gasteiger partial charge is 0.207 e. The molecule has 0 aromatic heterocycles. The minimum Gasteiger partial charge on any atom is -0.544 e. The summed E-state index contributed by atoms with van der Waals surface area (Å²) in [6, 6.07) is 0. The fraction of sp³-hybridized carbons (Fsp3) is 0.739. The lowest BCUT2D eigenvalue weighted by molar-refractivity contribution is -0.780. The first-order chi connectivity index (χ1) is 13.6. The van der Waals surface area contributed by atoms with E-state index in [1.54, 1.807) is 6.20 Å². The van der Waals surface area contributed by atoms with Gasteiger partial charge in [0, 0.05) is 13.0 Å². The Morgan fingerprint density at radius 1 is 1.04 bits per heavy atom. The molecule has 0 spiro atoms. The lowest BCUT2D eigenvalue weighted by Gasteiger charge is -2.32. The highest BCUT2D eigenvalue weighted by Gasteiger charge is 2.34. The SMILES string of the molecule is CCC/C=C/CCCCCCCCCCCC1=NC=C[N+]1(CCN)CC(=O)[O-]. The number of aliphatic carboxylic acids is 1. The summed E-state index contributed by atoms with van der Waals surface area (Å²) < 4.78 is 0.243. The summed E-state index contributed by atoms with van der Waals surface area (Å²) in [6.45, 7) is 3.15. The maximum atomic E-state index is 11.1. The van der Waals surface area contributed by atoms with Crippen LogP contribution < -0.4 is 10.8 Å². The van der Waals surface area contributed by atoms with Crippen molar-refractivity contribution in [3.63, 3.8) is 0 Å². The number of hydrogen-bond acceptors (Lipinski definition) is 4. The van der Waals surface area contributed by atoms with Crippen LogP contribution in [0.15, 0.2) is 29.5 Å². The summed E-state index contributed by atoms with van der Waals surface area (Å²) in [5, 5.41) is 11.1. The Hall–Kier alpha value is -1.46. The maximum absolute atomic E-state index is 11.1. The van der Waals surface area contributed by atoms with Crippen LogP contribution in [-0.4, -0.2) is 35.9 Å². The van der Waals surface area contributed by atoms with Crippen LogP contribution in [0.25, 0.3) is 0 Å². The van der Waals surface area contributed by atoms with E-state index in [0.29, 0.717) is 13.1 Å². The summed E-state index contributed by atoms with van der Waals surface area (Å²) in [5.41, 5.74) is 5.69. The molecular weight excluding hydrogens is 350 g/mol. The summed E-state index contributed by atoms with van der Waals surface area (Å²) in [4.78, 5) is 15.5. The minimum absolute atomic E-state index is 0.0685. The van der Waals surface area contributed by atoms with Crippen LogP contribution in [0, 0.1) is 0 Å². The number of nitrogens with zero attached hydrogens (tertiary/aromatic N) is 2. The van der Waals surface area contributed by atoms with Crippen molar-refractivity contribution in [1.82, 2.24) is 0 Å². The van der Waals surface area contributed by atoms with Crippen molar-refractivity contribution in [3.8, 4) is 0 Å². The quantitative estimate of drug-likeness (QED) is 0.217. The van der Waals surface area contributed by atoms with E-state index in [9.17, 15) is 9.90 Å². The molecule has 160 valence electrons. The molecule has 1 atom stereocenters. The molecule has 0 bridgehead atoms. The van der Waals surface area contributed by atoms with Gasteiger partial charge in [-0.15, -0.1) is 0 Å². The Kier molecular flexibility index (Phi) is 13.6. The molecule has 5 heteroatoms. The van der Waals surface area contributed by atoms with Crippen LogP contribution in [0.2, 0.25) is 0 Å². The van der Waals surface area contributed by atoms with Crippen molar-refractivity contribution in [3.05, 3.63) is 24.6 Å².